The first-order chi connectivity index (χ1) is 13.6. The van der Waals surface area contributed by atoms with Crippen molar-refractivity contribution in [3.05, 3.63) is 54.6 Å². The van der Waals surface area contributed by atoms with Crippen molar-refractivity contribution in [1.82, 2.24) is 4.90 Å². The van der Waals surface area contributed by atoms with E-state index in [9.17, 15) is 14.4 Å². The number of carbonyl (C=O) groups is 3. The fourth-order valence-corrected chi connectivity index (χ4v) is 5.70. The van der Waals surface area contributed by atoms with Crippen molar-refractivity contribution in [3.63, 3.8) is 0 Å². The quantitative estimate of drug-likeness (QED) is 0.359. The number of imide groups is 1. The molecule has 0 aromatic heterocycles. The van der Waals surface area contributed by atoms with Crippen molar-refractivity contribution in [2.75, 3.05) is 6.54 Å². The molecule has 0 radical (unpaired) electrons. The molecule has 5 aliphatic rings. The molecule has 2 saturated carbocycles. The summed E-state index contributed by atoms with van der Waals surface area (Å²) in [4.78, 5) is 39.5. The van der Waals surface area contributed by atoms with Crippen LogP contribution in [0.4, 0.5) is 0 Å². The van der Waals surface area contributed by atoms with E-state index in [1.807, 2.05) is 30.3 Å². The standard InChI is InChI=1S/C23H19NO4/c25-19(28-14-6-5-12-3-1-2-4-13(12)9-14)11-24-22(26)20-15-7-8-16(18-10-17(15)18)21(20)23(24)27/h1-9,15-18,20-21H,10-11H2/t15-,16-,17-,18+,20-,21-/m1/s1. The lowest BCUT2D eigenvalue weighted by Crippen LogP contribution is -2.40. The Balaban J connectivity index is 1.20. The van der Waals surface area contributed by atoms with Crippen LogP contribution < -0.4 is 4.74 Å². The number of fused-ring (bicyclic) bond motifs is 1. The largest absolute Gasteiger partial charge is 0.425 e. The average molecular weight is 373 g/mol. The number of rotatable bonds is 3. The van der Waals surface area contributed by atoms with E-state index in [4.69, 9.17) is 4.74 Å². The van der Waals surface area contributed by atoms with Gasteiger partial charge in [-0.3, -0.25) is 14.5 Å². The summed E-state index contributed by atoms with van der Waals surface area (Å²) in [7, 11) is 0. The van der Waals surface area contributed by atoms with Crippen LogP contribution in [0.15, 0.2) is 54.6 Å². The number of ether oxygens (including phenoxy) is 1. The second kappa shape index (κ2) is 5.53. The molecule has 0 N–H and O–H groups in total. The maximum atomic E-state index is 12.9. The van der Waals surface area contributed by atoms with E-state index in [0.717, 1.165) is 22.1 Å². The Hall–Kier alpha value is -2.95. The predicted octanol–water partition coefficient (Wildman–Crippen LogP) is 2.80. The van der Waals surface area contributed by atoms with Gasteiger partial charge >= 0.3 is 5.97 Å². The molecule has 0 spiro atoms. The van der Waals surface area contributed by atoms with Crippen LogP contribution in [-0.2, 0) is 14.4 Å². The molecule has 4 aliphatic carbocycles. The van der Waals surface area contributed by atoms with E-state index in [1.54, 1.807) is 12.1 Å². The highest BCUT2D eigenvalue weighted by molar-refractivity contribution is 6.08. The highest BCUT2D eigenvalue weighted by atomic mass is 16.5. The van der Waals surface area contributed by atoms with Gasteiger partial charge in [-0.1, -0.05) is 42.5 Å². The van der Waals surface area contributed by atoms with Crippen LogP contribution in [-0.4, -0.2) is 29.2 Å². The van der Waals surface area contributed by atoms with Crippen LogP contribution in [0.5, 0.6) is 5.75 Å². The zero-order chi connectivity index (χ0) is 19.0. The zero-order valence-electron chi connectivity index (χ0n) is 15.2. The second-order valence-corrected chi connectivity index (χ2v) is 8.40. The lowest BCUT2D eigenvalue weighted by atomic mass is 9.63. The lowest BCUT2D eigenvalue weighted by Gasteiger charge is -2.37. The SMILES string of the molecule is O=C(CN1C(=O)[C@@H]2[C@@H]3C=C[C@H]([C@@H]4C[C@H]34)[C@H]2C1=O)Oc1ccc2ccccc2c1. The minimum absolute atomic E-state index is 0.165. The van der Waals surface area contributed by atoms with E-state index >= 15 is 0 Å². The molecule has 3 fully saturated rings. The molecule has 2 bridgehead atoms. The van der Waals surface area contributed by atoms with Gasteiger partial charge in [-0.2, -0.15) is 0 Å². The summed E-state index contributed by atoms with van der Waals surface area (Å²) in [6.45, 7) is -0.313. The Labute approximate surface area is 162 Å². The number of benzene rings is 2. The van der Waals surface area contributed by atoms with E-state index < -0.39 is 5.97 Å². The summed E-state index contributed by atoms with van der Waals surface area (Å²) in [5.74, 6) is 0.319. The van der Waals surface area contributed by atoms with Crippen molar-refractivity contribution in [2.24, 2.45) is 35.5 Å². The Kier molecular flexibility index (Phi) is 3.17. The Morgan fingerprint density at radius 1 is 0.929 bits per heavy atom. The third-order valence-corrected chi connectivity index (χ3v) is 6.99. The number of hydrogen-bond acceptors (Lipinski definition) is 4. The van der Waals surface area contributed by atoms with Gasteiger partial charge in [-0.05, 0) is 53.0 Å². The number of esters is 1. The van der Waals surface area contributed by atoms with Crippen LogP contribution >= 0.6 is 0 Å². The second-order valence-electron chi connectivity index (χ2n) is 8.40. The molecule has 2 aromatic rings. The van der Waals surface area contributed by atoms with Gasteiger partial charge < -0.3 is 4.74 Å². The van der Waals surface area contributed by atoms with Crippen LogP contribution in [0.2, 0.25) is 0 Å². The minimum Gasteiger partial charge on any atom is -0.425 e. The van der Waals surface area contributed by atoms with Gasteiger partial charge in [0.25, 0.3) is 0 Å². The summed E-state index contributed by atoms with van der Waals surface area (Å²) < 4.78 is 5.43. The number of likely N-dealkylation sites (tertiary alicyclic amines) is 1. The topological polar surface area (TPSA) is 63.7 Å². The molecule has 1 aliphatic heterocycles. The average Bonchev–Trinajstić information content (AvgIpc) is 3.49. The fraction of sp³-hybridized carbons (Fsp3) is 0.348. The first-order valence-electron chi connectivity index (χ1n) is 9.85. The molecule has 1 heterocycles. The summed E-state index contributed by atoms with van der Waals surface area (Å²) in [5.41, 5.74) is 0. The maximum absolute atomic E-state index is 12.9. The van der Waals surface area contributed by atoms with E-state index in [1.165, 1.54) is 0 Å². The Morgan fingerprint density at radius 3 is 2.25 bits per heavy atom. The monoisotopic (exact) mass is 373 g/mol. The van der Waals surface area contributed by atoms with E-state index in [-0.39, 0.29) is 42.0 Å². The first kappa shape index (κ1) is 16.0. The highest BCUT2D eigenvalue weighted by Gasteiger charge is 2.67. The summed E-state index contributed by atoms with van der Waals surface area (Å²) in [6, 6.07) is 13.2. The summed E-state index contributed by atoms with van der Waals surface area (Å²) in [6.07, 6.45) is 5.38. The first-order valence-corrected chi connectivity index (χ1v) is 9.85. The molecular weight excluding hydrogens is 354 g/mol. The van der Waals surface area contributed by atoms with E-state index in [2.05, 4.69) is 12.2 Å². The number of amides is 2. The third kappa shape index (κ3) is 2.16. The number of hydrogen-bond donors (Lipinski definition) is 0. The van der Waals surface area contributed by atoms with Gasteiger partial charge in [0.15, 0.2) is 0 Å². The van der Waals surface area contributed by atoms with Gasteiger partial charge in [0.2, 0.25) is 11.8 Å². The molecule has 140 valence electrons. The molecule has 7 rings (SSSR count). The lowest BCUT2D eigenvalue weighted by molar-refractivity contribution is -0.148. The van der Waals surface area contributed by atoms with Gasteiger partial charge in [0.05, 0.1) is 11.8 Å². The summed E-state index contributed by atoms with van der Waals surface area (Å²) in [5, 5.41) is 2.02. The molecule has 2 amide bonds. The van der Waals surface area contributed by atoms with Crippen molar-refractivity contribution in [3.8, 4) is 5.75 Å². The maximum Gasteiger partial charge on any atom is 0.331 e. The molecule has 2 aromatic carbocycles. The van der Waals surface area contributed by atoms with Crippen LogP contribution in [0.3, 0.4) is 0 Å². The summed E-state index contributed by atoms with van der Waals surface area (Å²) >= 11 is 0. The van der Waals surface area contributed by atoms with Crippen LogP contribution in [0.1, 0.15) is 6.42 Å². The van der Waals surface area contributed by atoms with Crippen molar-refractivity contribution >= 4 is 28.6 Å². The van der Waals surface area contributed by atoms with Gasteiger partial charge in [0, 0.05) is 0 Å². The molecular formula is C23H19NO4. The number of carbonyl (C=O) groups excluding carboxylic acids is 3. The van der Waals surface area contributed by atoms with Crippen LogP contribution in [0.25, 0.3) is 10.8 Å². The third-order valence-electron chi connectivity index (χ3n) is 6.99. The predicted molar refractivity (Wildman–Crippen MR) is 101 cm³/mol. The highest BCUT2D eigenvalue weighted by Crippen LogP contribution is 2.65. The van der Waals surface area contributed by atoms with Gasteiger partial charge in [-0.25, -0.2) is 4.79 Å². The van der Waals surface area contributed by atoms with Gasteiger partial charge in [-0.15, -0.1) is 0 Å². The zero-order valence-corrected chi connectivity index (χ0v) is 15.2. The molecule has 5 nitrogen and oxygen atoms in total. The Bertz CT molecular complexity index is 1040. The molecule has 0 unspecified atom stereocenters. The smallest absolute Gasteiger partial charge is 0.331 e. The molecule has 5 heteroatoms. The molecule has 6 atom stereocenters. The minimum atomic E-state index is -0.582. The number of nitrogens with zero attached hydrogens (tertiary/aromatic N) is 1. The Morgan fingerprint density at radius 2 is 1.57 bits per heavy atom. The number of allylic oxidation sites excluding steroid dienone is 2. The normalized spacial score (nSPS) is 34.5. The molecule has 1 saturated heterocycles. The van der Waals surface area contributed by atoms with Crippen molar-refractivity contribution < 1.29 is 19.1 Å². The van der Waals surface area contributed by atoms with Crippen LogP contribution in [0, 0.1) is 35.5 Å². The fourth-order valence-electron chi connectivity index (χ4n) is 5.70. The van der Waals surface area contributed by atoms with E-state index in [0.29, 0.717) is 17.6 Å². The van der Waals surface area contributed by atoms with Gasteiger partial charge in [0.1, 0.15) is 12.3 Å². The van der Waals surface area contributed by atoms with Crippen molar-refractivity contribution in [1.29, 1.82) is 0 Å². The molecule has 28 heavy (non-hydrogen) atoms. The van der Waals surface area contributed by atoms with Crippen molar-refractivity contribution in [2.45, 2.75) is 6.42 Å².